The van der Waals surface area contributed by atoms with Crippen LogP contribution in [-0.2, 0) is 9.53 Å². The lowest BCUT2D eigenvalue weighted by Gasteiger charge is -2.26. The van der Waals surface area contributed by atoms with Gasteiger partial charge in [0.15, 0.2) is 0 Å². The van der Waals surface area contributed by atoms with Crippen molar-refractivity contribution >= 4 is 41.5 Å². The lowest BCUT2D eigenvalue weighted by atomic mass is 9.97. The molecule has 0 unspecified atom stereocenters. The highest BCUT2D eigenvalue weighted by Gasteiger charge is 2.21. The van der Waals surface area contributed by atoms with E-state index in [1.165, 1.54) is 7.11 Å². The number of benzene rings is 4. The van der Waals surface area contributed by atoms with Gasteiger partial charge in [0.25, 0.3) is 11.8 Å². The van der Waals surface area contributed by atoms with Gasteiger partial charge in [0.05, 0.1) is 38.3 Å². The number of ether oxygens (including phenoxy) is 3. The van der Waals surface area contributed by atoms with E-state index in [0.717, 1.165) is 74.4 Å². The molecule has 0 aromatic heterocycles. The molecule has 5 rings (SSSR count). The Balaban J connectivity index is 0.00000627. The predicted molar refractivity (Wildman–Crippen MR) is 213 cm³/mol. The van der Waals surface area contributed by atoms with Crippen molar-refractivity contribution in [2.24, 2.45) is 0 Å². The van der Waals surface area contributed by atoms with Gasteiger partial charge in [-0.1, -0.05) is 54.1 Å². The maximum Gasteiger partial charge on any atom is 0.258 e. The van der Waals surface area contributed by atoms with E-state index in [0.29, 0.717) is 53.6 Å². The number of carbonyl (C=O) groups excluding carboxylic acids is 3. The number of unbranched alkanes of at least 4 members (excludes halogenated alkanes) is 2. The van der Waals surface area contributed by atoms with Crippen molar-refractivity contribution in [3.63, 3.8) is 0 Å². The van der Waals surface area contributed by atoms with E-state index < -0.39 is 0 Å². The van der Waals surface area contributed by atoms with Gasteiger partial charge < -0.3 is 29.7 Å². The number of amides is 3. The van der Waals surface area contributed by atoms with Gasteiger partial charge in [0.1, 0.15) is 11.5 Å². The first-order valence-electron chi connectivity index (χ1n) is 18.0. The number of halogens is 1. The zero-order valence-corrected chi connectivity index (χ0v) is 31.9. The first kappa shape index (κ1) is 40.9. The molecule has 4 aromatic carbocycles. The molecule has 2 N–H and O–H groups in total. The van der Waals surface area contributed by atoms with Crippen LogP contribution in [0.1, 0.15) is 57.5 Å². The normalized spacial score (nSPS) is 12.7. The van der Waals surface area contributed by atoms with Crippen LogP contribution in [-0.4, -0.2) is 82.8 Å². The van der Waals surface area contributed by atoms with Gasteiger partial charge in [-0.25, -0.2) is 0 Å². The Morgan fingerprint density at radius 1 is 0.849 bits per heavy atom. The number of hydrogen-bond acceptors (Lipinski definition) is 7. The SMILES string of the molecule is COc1cc(C(=O)N(C)c2ccc(C)cc2OCCCCCC(=O)NCCN2CCOCC2)ccc1NC(=O)c1cc(C)ccc1-c1ccccc1.Cl. The molecule has 11 heteroatoms. The van der Waals surface area contributed by atoms with Gasteiger partial charge in [-0.3, -0.25) is 19.3 Å². The number of hydrogen-bond donors (Lipinski definition) is 2. The molecule has 53 heavy (non-hydrogen) atoms. The molecule has 0 saturated carbocycles. The summed E-state index contributed by atoms with van der Waals surface area (Å²) in [5, 5.41) is 6.00. The van der Waals surface area contributed by atoms with E-state index >= 15 is 0 Å². The molecule has 0 radical (unpaired) electrons. The van der Waals surface area contributed by atoms with Crippen LogP contribution in [0.3, 0.4) is 0 Å². The summed E-state index contributed by atoms with van der Waals surface area (Å²) in [5.74, 6) is 0.522. The number of rotatable bonds is 16. The zero-order chi connectivity index (χ0) is 36.9. The Morgan fingerprint density at radius 3 is 2.34 bits per heavy atom. The maximum absolute atomic E-state index is 13.8. The standard InChI is InChI=1S/C42H50N4O6.ClH/c1-30-14-17-34(32-11-7-5-8-12-32)35(27-30)41(48)44-36-18-16-33(29-38(36)50-4)42(49)45(3)37-19-15-31(2)28-39(37)52-24-10-6-9-13-40(47)43-20-21-46-22-25-51-26-23-46;/h5,7-8,11-12,14-19,27-29H,6,9-10,13,20-26H2,1-4H3,(H,43,47)(H,44,48);1H. The van der Waals surface area contributed by atoms with Crippen LogP contribution < -0.4 is 25.0 Å². The van der Waals surface area contributed by atoms with Crippen LogP contribution in [0.2, 0.25) is 0 Å². The summed E-state index contributed by atoms with van der Waals surface area (Å²) >= 11 is 0. The van der Waals surface area contributed by atoms with Crippen LogP contribution in [0.5, 0.6) is 11.5 Å². The second-order valence-electron chi connectivity index (χ2n) is 13.1. The average molecular weight is 743 g/mol. The highest BCUT2D eigenvalue weighted by Crippen LogP contribution is 2.33. The lowest BCUT2D eigenvalue weighted by Crippen LogP contribution is -2.41. The zero-order valence-electron chi connectivity index (χ0n) is 31.1. The number of aryl methyl sites for hydroxylation is 2. The summed E-state index contributed by atoms with van der Waals surface area (Å²) in [6, 6.07) is 26.3. The third-order valence-corrected chi connectivity index (χ3v) is 9.14. The van der Waals surface area contributed by atoms with E-state index in [4.69, 9.17) is 14.2 Å². The molecule has 1 fully saturated rings. The molecule has 0 aliphatic carbocycles. The van der Waals surface area contributed by atoms with Gasteiger partial charge >= 0.3 is 0 Å². The van der Waals surface area contributed by atoms with Crippen LogP contribution in [0.15, 0.2) is 84.9 Å². The Hall–Kier alpha value is -4.90. The monoisotopic (exact) mass is 742 g/mol. The fourth-order valence-electron chi connectivity index (χ4n) is 6.16. The molecule has 1 aliphatic rings. The fraction of sp³-hybridized carbons (Fsp3) is 0.357. The van der Waals surface area contributed by atoms with Gasteiger partial charge in [0, 0.05) is 50.8 Å². The first-order chi connectivity index (χ1) is 25.2. The number of nitrogens with zero attached hydrogens (tertiary/aromatic N) is 2. The molecule has 4 aromatic rings. The summed E-state index contributed by atoms with van der Waals surface area (Å²) in [7, 11) is 3.22. The summed E-state index contributed by atoms with van der Waals surface area (Å²) in [5.41, 5.74) is 5.78. The molecule has 282 valence electrons. The van der Waals surface area contributed by atoms with E-state index in [-0.39, 0.29) is 30.1 Å². The molecule has 1 aliphatic heterocycles. The molecular formula is C42H51ClN4O6. The van der Waals surface area contributed by atoms with Crippen molar-refractivity contribution in [3.8, 4) is 22.6 Å². The van der Waals surface area contributed by atoms with Gasteiger partial charge in [-0.05, 0) is 86.2 Å². The summed E-state index contributed by atoms with van der Waals surface area (Å²) in [4.78, 5) is 43.5. The Bertz CT molecular complexity index is 1830. The van der Waals surface area contributed by atoms with Crippen LogP contribution in [0, 0.1) is 13.8 Å². The number of methoxy groups -OCH3 is 1. The average Bonchev–Trinajstić information content (AvgIpc) is 3.16. The third kappa shape index (κ3) is 11.5. The third-order valence-electron chi connectivity index (χ3n) is 9.14. The topological polar surface area (TPSA) is 109 Å². The minimum Gasteiger partial charge on any atom is -0.495 e. The molecular weight excluding hydrogens is 692 g/mol. The van der Waals surface area contributed by atoms with Crippen molar-refractivity contribution in [2.45, 2.75) is 39.5 Å². The maximum atomic E-state index is 13.8. The summed E-state index contributed by atoms with van der Waals surface area (Å²) < 4.78 is 17.2. The van der Waals surface area contributed by atoms with Crippen LogP contribution in [0.4, 0.5) is 11.4 Å². The van der Waals surface area contributed by atoms with Crippen molar-refractivity contribution in [2.75, 3.05) is 70.4 Å². The molecule has 1 heterocycles. The van der Waals surface area contributed by atoms with Gasteiger partial charge in [0.2, 0.25) is 5.91 Å². The predicted octanol–water partition coefficient (Wildman–Crippen LogP) is 7.32. The largest absolute Gasteiger partial charge is 0.495 e. The van der Waals surface area contributed by atoms with E-state index in [9.17, 15) is 14.4 Å². The highest BCUT2D eigenvalue weighted by molar-refractivity contribution is 6.10. The van der Waals surface area contributed by atoms with Crippen molar-refractivity contribution in [1.82, 2.24) is 10.2 Å². The van der Waals surface area contributed by atoms with Gasteiger partial charge in [-0.15, -0.1) is 12.4 Å². The van der Waals surface area contributed by atoms with E-state index in [2.05, 4.69) is 15.5 Å². The Labute approximate surface area is 319 Å². The molecule has 1 saturated heterocycles. The molecule has 0 bridgehead atoms. The number of anilines is 2. The van der Waals surface area contributed by atoms with Gasteiger partial charge in [-0.2, -0.15) is 0 Å². The number of carbonyl (C=O) groups is 3. The molecule has 3 amide bonds. The second-order valence-corrected chi connectivity index (χ2v) is 13.1. The van der Waals surface area contributed by atoms with Crippen molar-refractivity contribution < 1.29 is 28.6 Å². The van der Waals surface area contributed by atoms with E-state index in [1.54, 1.807) is 30.1 Å². The minimum atomic E-state index is -0.277. The Kier molecular flexibility index (Phi) is 15.7. The molecule has 10 nitrogen and oxygen atoms in total. The number of morpholine rings is 1. The van der Waals surface area contributed by atoms with Crippen molar-refractivity contribution in [3.05, 3.63) is 107 Å². The molecule has 0 atom stereocenters. The fourth-order valence-corrected chi connectivity index (χ4v) is 6.16. The van der Waals surface area contributed by atoms with Crippen LogP contribution in [0.25, 0.3) is 11.1 Å². The number of nitrogens with one attached hydrogen (secondary N) is 2. The summed E-state index contributed by atoms with van der Waals surface area (Å²) in [6.45, 7) is 9.23. The van der Waals surface area contributed by atoms with Crippen molar-refractivity contribution in [1.29, 1.82) is 0 Å². The highest BCUT2D eigenvalue weighted by atomic mass is 35.5. The lowest BCUT2D eigenvalue weighted by molar-refractivity contribution is -0.121. The second kappa shape index (κ2) is 20.4. The quantitative estimate of drug-likeness (QED) is 0.116. The van der Waals surface area contributed by atoms with Crippen LogP contribution >= 0.6 is 12.4 Å². The smallest absolute Gasteiger partial charge is 0.258 e. The minimum absolute atomic E-state index is 0. The summed E-state index contributed by atoms with van der Waals surface area (Å²) in [6.07, 6.45) is 2.91. The van der Waals surface area contributed by atoms with E-state index in [1.807, 2.05) is 80.6 Å². The molecule has 0 spiro atoms. The first-order valence-corrected chi connectivity index (χ1v) is 18.0. The Morgan fingerprint density at radius 2 is 1.58 bits per heavy atom.